The Hall–Kier alpha value is -2.40. The molecule has 0 aromatic heterocycles. The summed E-state index contributed by atoms with van der Waals surface area (Å²) in [5.41, 5.74) is 0.935. The quantitative estimate of drug-likeness (QED) is 0.0906. The largest absolute Gasteiger partial charge is 0.463 e. The first-order valence-electron chi connectivity index (χ1n) is 15.0. The normalized spacial score (nSPS) is 11.0. The van der Waals surface area contributed by atoms with Crippen LogP contribution in [0, 0.1) is 0 Å². The van der Waals surface area contributed by atoms with Crippen molar-refractivity contribution in [2.24, 2.45) is 0 Å². The number of esters is 1. The molecule has 1 aromatic rings. The molecule has 0 radical (unpaired) electrons. The molecular formula is C30H51NO13. The minimum Gasteiger partial charge on any atom is -0.463 e. The van der Waals surface area contributed by atoms with E-state index in [9.17, 15) is 9.59 Å². The van der Waals surface area contributed by atoms with Crippen LogP contribution in [0.1, 0.15) is 12.5 Å². The molecule has 254 valence electrons. The van der Waals surface area contributed by atoms with Crippen molar-refractivity contribution in [1.82, 2.24) is 5.32 Å². The Morgan fingerprint density at radius 1 is 0.477 bits per heavy atom. The van der Waals surface area contributed by atoms with Gasteiger partial charge in [-0.2, -0.15) is 0 Å². The minimum absolute atomic E-state index is 0.235. The molecule has 44 heavy (non-hydrogen) atoms. The van der Waals surface area contributed by atoms with Crippen molar-refractivity contribution >= 4 is 12.1 Å². The predicted molar refractivity (Wildman–Crippen MR) is 159 cm³/mol. The van der Waals surface area contributed by atoms with Crippen LogP contribution >= 0.6 is 0 Å². The monoisotopic (exact) mass is 633 g/mol. The van der Waals surface area contributed by atoms with Crippen LogP contribution in [0.5, 0.6) is 0 Å². The summed E-state index contributed by atoms with van der Waals surface area (Å²) in [6.45, 7) is 10.5. The lowest BCUT2D eigenvalue weighted by Crippen LogP contribution is -2.28. The van der Waals surface area contributed by atoms with Crippen molar-refractivity contribution in [2.45, 2.75) is 13.5 Å². The summed E-state index contributed by atoms with van der Waals surface area (Å²) in [6.07, 6.45) is -0.472. The molecule has 1 amide bonds. The van der Waals surface area contributed by atoms with E-state index in [1.807, 2.05) is 30.3 Å². The van der Waals surface area contributed by atoms with Crippen LogP contribution in [0.25, 0.3) is 0 Å². The van der Waals surface area contributed by atoms with Crippen molar-refractivity contribution in [3.63, 3.8) is 0 Å². The molecule has 0 saturated heterocycles. The summed E-state index contributed by atoms with van der Waals surface area (Å²) >= 11 is 0. The van der Waals surface area contributed by atoms with E-state index in [1.165, 1.54) is 6.92 Å². The molecule has 0 saturated carbocycles. The fraction of sp³-hybridized carbons (Fsp3) is 0.733. The van der Waals surface area contributed by atoms with Gasteiger partial charge in [-0.15, -0.1) is 0 Å². The van der Waals surface area contributed by atoms with Crippen molar-refractivity contribution < 1.29 is 61.7 Å². The van der Waals surface area contributed by atoms with E-state index in [1.54, 1.807) is 0 Å². The number of benzene rings is 1. The Kier molecular flexibility index (Phi) is 28.8. The second-order valence-corrected chi connectivity index (χ2v) is 8.84. The zero-order valence-corrected chi connectivity index (χ0v) is 26.0. The van der Waals surface area contributed by atoms with Gasteiger partial charge in [-0.05, 0) is 5.56 Å². The standard InChI is InChI=1S/C30H51NO13/c1-28(32)43-26-25-42-24-23-41-22-21-40-20-19-39-18-17-38-16-15-37-14-13-36-12-11-35-10-9-34-8-7-31-30(33)44-27-29-5-3-2-4-6-29/h2-6H,7-27H2,1H3,(H,31,33). The molecule has 14 heteroatoms. The molecule has 0 unspecified atom stereocenters. The highest BCUT2D eigenvalue weighted by Crippen LogP contribution is 2.00. The van der Waals surface area contributed by atoms with Gasteiger partial charge in [0.25, 0.3) is 0 Å². The van der Waals surface area contributed by atoms with Crippen molar-refractivity contribution in [1.29, 1.82) is 0 Å². The molecule has 0 aliphatic carbocycles. The first-order chi connectivity index (χ1) is 21.7. The molecule has 0 bridgehead atoms. The molecule has 0 fully saturated rings. The second-order valence-electron chi connectivity index (χ2n) is 8.84. The van der Waals surface area contributed by atoms with Gasteiger partial charge in [0.15, 0.2) is 0 Å². The smallest absolute Gasteiger partial charge is 0.407 e. The predicted octanol–water partition coefficient (Wildman–Crippen LogP) is 1.63. The van der Waals surface area contributed by atoms with Gasteiger partial charge in [0.05, 0.1) is 119 Å². The summed E-state index contributed by atoms with van der Waals surface area (Å²) in [6, 6.07) is 9.49. The van der Waals surface area contributed by atoms with E-state index in [4.69, 9.17) is 52.1 Å². The fourth-order valence-corrected chi connectivity index (χ4v) is 3.11. The molecule has 14 nitrogen and oxygen atoms in total. The van der Waals surface area contributed by atoms with Gasteiger partial charge in [0.2, 0.25) is 0 Å². The molecule has 1 N–H and O–H groups in total. The zero-order valence-electron chi connectivity index (χ0n) is 26.0. The number of carbonyl (C=O) groups is 2. The number of hydrogen-bond acceptors (Lipinski definition) is 13. The Morgan fingerprint density at radius 2 is 0.818 bits per heavy atom. The van der Waals surface area contributed by atoms with Crippen LogP contribution < -0.4 is 5.32 Å². The van der Waals surface area contributed by atoms with E-state index in [0.717, 1.165) is 5.56 Å². The lowest BCUT2D eigenvalue weighted by atomic mass is 10.2. The number of nitrogens with one attached hydrogen (secondary N) is 1. The van der Waals surface area contributed by atoms with Crippen LogP contribution in [-0.4, -0.2) is 144 Å². The third-order valence-electron chi connectivity index (χ3n) is 5.24. The van der Waals surface area contributed by atoms with Crippen molar-refractivity contribution in [2.75, 3.05) is 132 Å². The average Bonchev–Trinajstić information content (AvgIpc) is 3.03. The molecule has 0 aliphatic heterocycles. The Morgan fingerprint density at radius 3 is 1.18 bits per heavy atom. The van der Waals surface area contributed by atoms with Gasteiger partial charge in [-0.25, -0.2) is 4.79 Å². The fourth-order valence-electron chi connectivity index (χ4n) is 3.11. The summed E-state index contributed by atoms with van der Waals surface area (Å²) in [5, 5.41) is 2.64. The topological polar surface area (TPSA) is 148 Å². The highest BCUT2D eigenvalue weighted by molar-refractivity contribution is 5.67. The van der Waals surface area contributed by atoms with Crippen LogP contribution in [0.2, 0.25) is 0 Å². The maximum atomic E-state index is 11.6. The molecule has 0 atom stereocenters. The summed E-state index contributed by atoms with van der Waals surface area (Å²) < 4.78 is 58.5. The van der Waals surface area contributed by atoms with Gasteiger partial charge in [-0.1, -0.05) is 30.3 Å². The summed E-state index contributed by atoms with van der Waals surface area (Å²) in [4.78, 5) is 22.2. The first-order valence-corrected chi connectivity index (χ1v) is 15.0. The third-order valence-corrected chi connectivity index (χ3v) is 5.24. The van der Waals surface area contributed by atoms with E-state index in [-0.39, 0.29) is 19.2 Å². The molecule has 0 spiro atoms. The molecule has 0 aliphatic rings. The highest BCUT2D eigenvalue weighted by atomic mass is 16.6. The number of ether oxygens (including phenoxy) is 11. The van der Waals surface area contributed by atoms with Crippen LogP contribution in [0.15, 0.2) is 30.3 Å². The second kappa shape index (κ2) is 32.0. The lowest BCUT2D eigenvalue weighted by molar-refractivity contribution is -0.142. The molecule has 1 aromatic carbocycles. The third kappa shape index (κ3) is 29.7. The van der Waals surface area contributed by atoms with Crippen LogP contribution in [-0.2, 0) is 63.5 Å². The first kappa shape index (κ1) is 39.6. The summed E-state index contributed by atoms with van der Waals surface area (Å²) in [5.74, 6) is -0.315. The number of carbonyl (C=O) groups excluding carboxylic acids is 2. The van der Waals surface area contributed by atoms with Gasteiger partial charge in [-0.3, -0.25) is 4.79 Å². The SMILES string of the molecule is CC(=O)OCCOCCOCCOCCOCCOCCOCCOCCOCCOCCNC(=O)OCc1ccccc1. The Labute approximate surface area is 260 Å². The van der Waals surface area contributed by atoms with Gasteiger partial charge in [0, 0.05) is 13.5 Å². The maximum absolute atomic E-state index is 11.6. The van der Waals surface area contributed by atoms with Gasteiger partial charge >= 0.3 is 12.1 Å². The van der Waals surface area contributed by atoms with Gasteiger partial charge < -0.3 is 57.4 Å². The maximum Gasteiger partial charge on any atom is 0.407 e. The van der Waals surface area contributed by atoms with Gasteiger partial charge in [0.1, 0.15) is 13.2 Å². The number of amides is 1. The van der Waals surface area contributed by atoms with E-state index >= 15 is 0 Å². The average molecular weight is 634 g/mol. The minimum atomic E-state index is -0.472. The molecule has 1 rings (SSSR count). The lowest BCUT2D eigenvalue weighted by Gasteiger charge is -2.09. The Bertz CT molecular complexity index is 773. The molecule has 0 heterocycles. The molecular weight excluding hydrogens is 582 g/mol. The zero-order chi connectivity index (χ0) is 31.6. The number of alkyl carbamates (subject to hydrolysis) is 1. The van der Waals surface area contributed by atoms with Crippen LogP contribution in [0.4, 0.5) is 4.79 Å². The number of hydrogen-bond donors (Lipinski definition) is 1. The van der Waals surface area contributed by atoms with E-state index < -0.39 is 6.09 Å². The van der Waals surface area contributed by atoms with Crippen molar-refractivity contribution in [3.05, 3.63) is 35.9 Å². The van der Waals surface area contributed by atoms with Crippen LogP contribution in [0.3, 0.4) is 0 Å². The summed E-state index contributed by atoms with van der Waals surface area (Å²) in [7, 11) is 0. The van der Waals surface area contributed by atoms with E-state index in [2.05, 4.69) is 5.32 Å². The van der Waals surface area contributed by atoms with Crippen molar-refractivity contribution in [3.8, 4) is 0 Å². The number of rotatable bonds is 32. The van der Waals surface area contributed by atoms with E-state index in [0.29, 0.717) is 125 Å². The highest BCUT2D eigenvalue weighted by Gasteiger charge is 2.02. The Balaban J connectivity index is 1.65.